The highest BCUT2D eigenvalue weighted by Gasteiger charge is 2.22. The van der Waals surface area contributed by atoms with Gasteiger partial charge in [-0.1, -0.05) is 32.0 Å². The average molecular weight is 366 g/mol. The van der Waals surface area contributed by atoms with E-state index in [9.17, 15) is 4.79 Å². The summed E-state index contributed by atoms with van der Waals surface area (Å²) in [6, 6.07) is 17.0. The second-order valence-electron chi connectivity index (χ2n) is 6.35. The number of rotatable bonds is 6. The van der Waals surface area contributed by atoms with E-state index in [2.05, 4.69) is 24.1 Å². The first-order chi connectivity index (χ1) is 12.6. The molecule has 5 heteroatoms. The van der Waals surface area contributed by atoms with Crippen molar-refractivity contribution in [3.05, 3.63) is 71.4 Å². The largest absolute Gasteiger partial charge is 0.497 e. The molecule has 0 saturated carbocycles. The summed E-state index contributed by atoms with van der Waals surface area (Å²) in [5.74, 6) is 0.983. The Morgan fingerprint density at radius 1 is 1.08 bits per heavy atom. The number of carbonyl (C=O) groups excluding carboxylic acids is 1. The number of hydrogen-bond donors (Lipinski definition) is 1. The monoisotopic (exact) mass is 366 g/mol. The number of aromatic nitrogens is 1. The molecule has 0 spiro atoms. The molecule has 0 radical (unpaired) electrons. The van der Waals surface area contributed by atoms with Crippen LogP contribution in [0, 0.1) is 5.92 Å². The highest BCUT2D eigenvalue weighted by molar-refractivity contribution is 7.15. The van der Waals surface area contributed by atoms with Gasteiger partial charge in [-0.25, -0.2) is 4.98 Å². The fraction of sp³-hybridized carbons (Fsp3) is 0.238. The predicted molar refractivity (Wildman–Crippen MR) is 106 cm³/mol. The summed E-state index contributed by atoms with van der Waals surface area (Å²) >= 11 is 1.61. The Kier molecular flexibility index (Phi) is 5.68. The van der Waals surface area contributed by atoms with Crippen LogP contribution >= 0.6 is 11.3 Å². The van der Waals surface area contributed by atoms with Gasteiger partial charge in [0.05, 0.1) is 18.0 Å². The zero-order valence-corrected chi connectivity index (χ0v) is 15.9. The van der Waals surface area contributed by atoms with Crippen molar-refractivity contribution in [3.63, 3.8) is 0 Å². The van der Waals surface area contributed by atoms with E-state index in [-0.39, 0.29) is 17.9 Å². The van der Waals surface area contributed by atoms with Crippen LogP contribution in [-0.4, -0.2) is 18.0 Å². The maximum atomic E-state index is 12.5. The smallest absolute Gasteiger partial charge is 0.251 e. The summed E-state index contributed by atoms with van der Waals surface area (Å²) in [7, 11) is 1.66. The summed E-state index contributed by atoms with van der Waals surface area (Å²) in [6.07, 6.45) is 1.87. The minimum atomic E-state index is -0.125. The maximum Gasteiger partial charge on any atom is 0.251 e. The third-order valence-electron chi connectivity index (χ3n) is 4.15. The number of nitrogens with one attached hydrogen (secondary N) is 1. The van der Waals surface area contributed by atoms with Crippen molar-refractivity contribution >= 4 is 17.2 Å². The highest BCUT2D eigenvalue weighted by Crippen LogP contribution is 2.33. The van der Waals surface area contributed by atoms with E-state index < -0.39 is 0 Å². The molecule has 0 aliphatic carbocycles. The predicted octanol–water partition coefficient (Wildman–Crippen LogP) is 4.95. The lowest BCUT2D eigenvalue weighted by Gasteiger charge is -2.20. The molecule has 0 aliphatic heterocycles. The van der Waals surface area contributed by atoms with Crippen LogP contribution in [-0.2, 0) is 0 Å². The number of carbonyl (C=O) groups is 1. The average Bonchev–Trinajstić information content (AvgIpc) is 3.16. The summed E-state index contributed by atoms with van der Waals surface area (Å²) in [5, 5.41) is 4.03. The summed E-state index contributed by atoms with van der Waals surface area (Å²) in [5.41, 5.74) is 1.75. The van der Waals surface area contributed by atoms with Gasteiger partial charge >= 0.3 is 0 Å². The number of hydrogen-bond acceptors (Lipinski definition) is 4. The standard InChI is InChI=1S/C21H22N2O2S/c1-14(2)19(23-20(24)16-7-5-4-6-8-16)21-22-13-18(26-21)15-9-11-17(25-3)12-10-15/h4-14,19H,1-3H3,(H,23,24). The quantitative estimate of drug-likeness (QED) is 0.672. The van der Waals surface area contributed by atoms with E-state index in [0.29, 0.717) is 5.56 Å². The van der Waals surface area contributed by atoms with Crippen LogP contribution in [0.2, 0.25) is 0 Å². The molecule has 0 saturated heterocycles. The zero-order chi connectivity index (χ0) is 18.5. The number of ether oxygens (including phenoxy) is 1. The Morgan fingerprint density at radius 3 is 2.38 bits per heavy atom. The molecular formula is C21H22N2O2S. The second-order valence-corrected chi connectivity index (χ2v) is 7.41. The van der Waals surface area contributed by atoms with Gasteiger partial charge in [0.1, 0.15) is 10.8 Å². The summed E-state index contributed by atoms with van der Waals surface area (Å²) in [6.45, 7) is 4.18. The number of amides is 1. The van der Waals surface area contributed by atoms with Crippen LogP contribution in [0.25, 0.3) is 10.4 Å². The van der Waals surface area contributed by atoms with Crippen LogP contribution in [0.4, 0.5) is 0 Å². The Hall–Kier alpha value is -2.66. The normalized spacial score (nSPS) is 12.0. The van der Waals surface area contributed by atoms with Crippen LogP contribution in [0.1, 0.15) is 35.3 Å². The fourth-order valence-electron chi connectivity index (χ4n) is 2.65. The summed E-state index contributed by atoms with van der Waals surface area (Å²) in [4.78, 5) is 18.2. The third-order valence-corrected chi connectivity index (χ3v) is 5.28. The van der Waals surface area contributed by atoms with Gasteiger partial charge in [-0.05, 0) is 47.9 Å². The van der Waals surface area contributed by atoms with Gasteiger partial charge in [0.15, 0.2) is 0 Å². The molecule has 2 aromatic carbocycles. The van der Waals surface area contributed by atoms with Crippen molar-refractivity contribution < 1.29 is 9.53 Å². The zero-order valence-electron chi connectivity index (χ0n) is 15.1. The molecule has 3 rings (SSSR count). The van der Waals surface area contributed by atoms with Crippen molar-refractivity contribution in [2.75, 3.05) is 7.11 Å². The number of benzene rings is 2. The van der Waals surface area contributed by atoms with Crippen molar-refractivity contribution in [1.82, 2.24) is 10.3 Å². The van der Waals surface area contributed by atoms with Crippen molar-refractivity contribution in [2.45, 2.75) is 19.9 Å². The molecule has 1 atom stereocenters. The Bertz CT molecular complexity index is 857. The lowest BCUT2D eigenvalue weighted by atomic mass is 10.0. The number of nitrogens with zero attached hydrogens (tertiary/aromatic N) is 1. The molecule has 0 bridgehead atoms. The SMILES string of the molecule is COc1ccc(-c2cnc(C(NC(=O)c3ccccc3)C(C)C)s2)cc1. The Morgan fingerprint density at radius 2 is 1.77 bits per heavy atom. The van der Waals surface area contributed by atoms with Crippen molar-refractivity contribution in [1.29, 1.82) is 0 Å². The number of methoxy groups -OCH3 is 1. The van der Waals surface area contributed by atoms with Gasteiger partial charge in [-0.3, -0.25) is 4.79 Å². The van der Waals surface area contributed by atoms with Gasteiger partial charge < -0.3 is 10.1 Å². The molecule has 1 unspecified atom stereocenters. The van der Waals surface area contributed by atoms with Crippen LogP contribution in [0.3, 0.4) is 0 Å². The third kappa shape index (κ3) is 4.11. The maximum absolute atomic E-state index is 12.5. The van der Waals surface area contributed by atoms with Gasteiger partial charge in [-0.2, -0.15) is 0 Å². The van der Waals surface area contributed by atoms with Gasteiger partial charge in [-0.15, -0.1) is 11.3 Å². The molecule has 0 fully saturated rings. The Labute approximate surface area is 157 Å². The van der Waals surface area contributed by atoms with Crippen LogP contribution < -0.4 is 10.1 Å². The Balaban J connectivity index is 1.80. The first kappa shape index (κ1) is 18.1. The van der Waals surface area contributed by atoms with E-state index in [4.69, 9.17) is 4.74 Å². The van der Waals surface area contributed by atoms with Crippen LogP contribution in [0.15, 0.2) is 60.8 Å². The molecular weight excluding hydrogens is 344 g/mol. The molecule has 1 N–H and O–H groups in total. The van der Waals surface area contributed by atoms with Crippen molar-refractivity contribution in [3.8, 4) is 16.2 Å². The van der Waals surface area contributed by atoms with Gasteiger partial charge in [0.2, 0.25) is 0 Å². The topological polar surface area (TPSA) is 51.2 Å². The molecule has 4 nitrogen and oxygen atoms in total. The van der Waals surface area contributed by atoms with Crippen molar-refractivity contribution in [2.24, 2.45) is 5.92 Å². The fourth-order valence-corrected chi connectivity index (χ4v) is 3.80. The molecule has 3 aromatic rings. The lowest BCUT2D eigenvalue weighted by Crippen LogP contribution is -2.31. The second kappa shape index (κ2) is 8.15. The molecule has 1 amide bonds. The first-order valence-electron chi connectivity index (χ1n) is 8.54. The van der Waals surface area contributed by atoms with E-state index in [0.717, 1.165) is 21.2 Å². The molecule has 134 valence electrons. The number of thiazole rings is 1. The van der Waals surface area contributed by atoms with E-state index in [1.165, 1.54) is 0 Å². The first-order valence-corrected chi connectivity index (χ1v) is 9.36. The van der Waals surface area contributed by atoms with E-state index in [1.54, 1.807) is 18.4 Å². The van der Waals surface area contributed by atoms with Gasteiger partial charge in [0, 0.05) is 11.8 Å². The lowest BCUT2D eigenvalue weighted by molar-refractivity contribution is 0.0925. The molecule has 1 heterocycles. The van der Waals surface area contributed by atoms with Crippen LogP contribution in [0.5, 0.6) is 5.75 Å². The van der Waals surface area contributed by atoms with E-state index >= 15 is 0 Å². The summed E-state index contributed by atoms with van der Waals surface area (Å²) < 4.78 is 5.21. The molecule has 0 aliphatic rings. The minimum Gasteiger partial charge on any atom is -0.497 e. The minimum absolute atomic E-state index is 0.0782. The highest BCUT2D eigenvalue weighted by atomic mass is 32.1. The van der Waals surface area contributed by atoms with E-state index in [1.807, 2.05) is 60.8 Å². The molecule has 1 aromatic heterocycles. The van der Waals surface area contributed by atoms with Gasteiger partial charge in [0.25, 0.3) is 5.91 Å². The molecule has 26 heavy (non-hydrogen) atoms.